The Bertz CT molecular complexity index is 1630. The summed E-state index contributed by atoms with van der Waals surface area (Å²) >= 11 is 1.78. The molecule has 1 aliphatic heterocycles. The Morgan fingerprint density at radius 1 is 0.769 bits per heavy atom. The van der Waals surface area contributed by atoms with E-state index in [0.717, 1.165) is 17.2 Å². The number of para-hydroxylation sites is 1. The number of halogens is 12. The second-order valence-corrected chi connectivity index (χ2v) is 22.4. The summed E-state index contributed by atoms with van der Waals surface area (Å²) in [4.78, 5) is 7.45. The van der Waals surface area contributed by atoms with Crippen LogP contribution in [0.5, 0.6) is 0 Å². The van der Waals surface area contributed by atoms with Crippen LogP contribution in [0, 0.1) is 6.92 Å². The third-order valence-corrected chi connectivity index (χ3v) is 14.0. The minimum atomic E-state index is -10.7. The topological polar surface area (TPSA) is 20.0 Å². The number of thiazole rings is 1. The molecule has 3 aromatic rings. The van der Waals surface area contributed by atoms with Crippen LogP contribution in [0.25, 0.3) is 22.0 Å². The predicted molar refractivity (Wildman–Crippen MR) is 199 cm³/mol. The maximum atomic E-state index is 9.87. The van der Waals surface area contributed by atoms with E-state index < -0.39 is 22.9 Å². The fourth-order valence-corrected chi connectivity index (χ4v) is 12.0. The van der Waals surface area contributed by atoms with Crippen molar-refractivity contribution in [2.24, 2.45) is 7.05 Å². The average Bonchev–Trinajstić information content (AvgIpc) is 3.38. The summed E-state index contributed by atoms with van der Waals surface area (Å²) in [6, 6.07) is 11.2. The van der Waals surface area contributed by atoms with Gasteiger partial charge in [-0.05, 0) is 66.9 Å². The quantitative estimate of drug-likeness (QED) is 0.0915. The van der Waals surface area contributed by atoms with Gasteiger partial charge in [0.15, 0.2) is 0 Å². The van der Waals surface area contributed by atoms with Crippen LogP contribution in [0.3, 0.4) is 0 Å². The Kier molecular flexibility index (Phi) is 14.2. The van der Waals surface area contributed by atoms with Gasteiger partial charge >= 0.3 is 71.6 Å². The van der Waals surface area contributed by atoms with Gasteiger partial charge in [0.05, 0.1) is 37.9 Å². The first-order valence-corrected chi connectivity index (χ1v) is 24.3. The van der Waals surface area contributed by atoms with Crippen LogP contribution in [0.2, 0.25) is 0 Å². The van der Waals surface area contributed by atoms with Gasteiger partial charge in [-0.15, -0.1) is 0 Å². The summed E-state index contributed by atoms with van der Waals surface area (Å²) in [6.07, 6.45) is 24.6. The molecule has 1 aliphatic rings. The Morgan fingerprint density at radius 3 is 1.75 bits per heavy atom. The van der Waals surface area contributed by atoms with E-state index in [1.54, 1.807) is 11.3 Å². The number of pyridine rings is 1. The van der Waals surface area contributed by atoms with Gasteiger partial charge in [0.1, 0.15) is 4.70 Å². The van der Waals surface area contributed by atoms with E-state index in [9.17, 15) is 50.4 Å². The number of allylic oxidation sites excluding steroid dienone is 2. The van der Waals surface area contributed by atoms with E-state index in [2.05, 4.69) is 99.1 Å². The zero-order valence-corrected chi connectivity index (χ0v) is 33.3. The number of unbranched alkanes of at least 4 members (excludes halogenated alkanes) is 3. The summed E-state index contributed by atoms with van der Waals surface area (Å²) in [6.45, 7) is 10.4. The van der Waals surface area contributed by atoms with Gasteiger partial charge in [0, 0.05) is 37.3 Å². The molecule has 3 heterocycles. The third kappa shape index (κ3) is 20.4. The Labute approximate surface area is 302 Å². The summed E-state index contributed by atoms with van der Waals surface area (Å²) < 4.78 is 122. The molecule has 1 aromatic carbocycles. The van der Waals surface area contributed by atoms with E-state index in [1.165, 1.54) is 96.7 Å². The second kappa shape index (κ2) is 16.0. The standard InChI is InChI=1S/C33H48N3PS.2F6P/c1-6-9-20-37(21-10-7-2,22-11-8-3)23-14-18-36-19-17-28(29-15-12-13-16-30(29)36)25-32-34-33-31(38-32)24-27(4)26-35(33)5;2*1-7(2,3,4,5)6/h12-13,15-17,19,24-26H,6-11,14,18,20-23H2,1-5H3;;/q+2;2*-1. The van der Waals surface area contributed by atoms with Crippen molar-refractivity contribution >= 4 is 61.9 Å². The number of hydrogen-bond donors (Lipinski definition) is 0. The van der Waals surface area contributed by atoms with Gasteiger partial charge in [0.25, 0.3) is 0 Å². The number of aromatic nitrogens is 2. The number of anilines is 1. The monoisotopic (exact) mass is 839 g/mol. The number of nitrogens with zero attached hydrogens (tertiary/aromatic N) is 3. The molecule has 0 radical (unpaired) electrons. The molecule has 300 valence electrons. The minimum absolute atomic E-state index is 0.849. The molecule has 0 unspecified atom stereocenters. The van der Waals surface area contributed by atoms with E-state index >= 15 is 0 Å². The molecule has 0 N–H and O–H groups in total. The van der Waals surface area contributed by atoms with E-state index in [0.29, 0.717) is 0 Å². The van der Waals surface area contributed by atoms with E-state index in [4.69, 9.17) is 4.98 Å². The maximum absolute atomic E-state index is 10.7. The Balaban J connectivity index is 0.000000564. The normalized spacial score (nSPS) is 16.9. The van der Waals surface area contributed by atoms with Crippen molar-refractivity contribution in [2.75, 3.05) is 36.1 Å². The predicted octanol–water partition coefficient (Wildman–Crippen LogP) is 15.9. The molecule has 0 bridgehead atoms. The molecule has 19 heteroatoms. The SMILES string of the molecule is CCCC[P+](CCCC)(CCCC)CCCN1C=C/C(=C\c2nc3c(cc(C)c[n+]3C)s2)c2ccccc21.F[P-](F)(F)(F)(F)F.F[P-](F)(F)(F)(F)F. The molecule has 2 aromatic heterocycles. The summed E-state index contributed by atoms with van der Waals surface area (Å²) in [7, 11) is -20.1. The van der Waals surface area contributed by atoms with Crippen molar-refractivity contribution in [2.45, 2.75) is 72.6 Å². The fourth-order valence-electron chi connectivity index (χ4n) is 5.85. The molecule has 0 saturated heterocycles. The number of fused-ring (bicyclic) bond motifs is 2. The van der Waals surface area contributed by atoms with Gasteiger partial charge in [0.2, 0.25) is 5.01 Å². The molecule has 0 spiro atoms. The average molecular weight is 840 g/mol. The molecule has 0 atom stereocenters. The Morgan fingerprint density at radius 2 is 1.25 bits per heavy atom. The van der Waals surface area contributed by atoms with E-state index in [1.807, 2.05) is 0 Å². The number of aryl methyl sites for hydroxylation is 2. The van der Waals surface area contributed by atoms with Gasteiger partial charge in [-0.2, -0.15) is 0 Å². The fraction of sp³-hybridized carbons (Fsp3) is 0.515. The van der Waals surface area contributed by atoms with Crippen LogP contribution in [-0.4, -0.2) is 36.2 Å². The van der Waals surface area contributed by atoms with Crippen LogP contribution < -0.4 is 9.47 Å². The first kappa shape index (κ1) is 46.1. The van der Waals surface area contributed by atoms with Crippen molar-refractivity contribution in [3.63, 3.8) is 0 Å². The van der Waals surface area contributed by atoms with Crippen LogP contribution in [0.15, 0.2) is 48.8 Å². The molecule has 0 fully saturated rings. The molecular weight excluding hydrogens is 791 g/mol. The molecule has 52 heavy (non-hydrogen) atoms. The molecule has 3 nitrogen and oxygen atoms in total. The van der Waals surface area contributed by atoms with Crippen LogP contribution in [0.4, 0.5) is 56.1 Å². The van der Waals surface area contributed by atoms with Crippen molar-refractivity contribution in [3.8, 4) is 0 Å². The third-order valence-electron chi connectivity index (χ3n) is 7.97. The molecular formula is C33H48F12N3P3S. The summed E-state index contributed by atoms with van der Waals surface area (Å²) in [5.74, 6) is 0. The van der Waals surface area contributed by atoms with E-state index in [-0.39, 0.29) is 0 Å². The molecule has 4 rings (SSSR count). The molecule has 0 amide bonds. The zero-order valence-electron chi connectivity index (χ0n) is 29.8. The van der Waals surface area contributed by atoms with Crippen LogP contribution >= 0.6 is 34.2 Å². The van der Waals surface area contributed by atoms with Gasteiger partial charge in [-0.25, -0.2) is 4.57 Å². The van der Waals surface area contributed by atoms with Crippen molar-refractivity contribution in [1.29, 1.82) is 0 Å². The zero-order chi connectivity index (χ0) is 39.8. The molecule has 0 saturated carbocycles. The van der Waals surface area contributed by atoms with Crippen molar-refractivity contribution in [1.82, 2.24) is 4.98 Å². The first-order chi connectivity index (χ1) is 23.4. The van der Waals surface area contributed by atoms with Crippen molar-refractivity contribution < 1.29 is 54.9 Å². The number of hydrogen-bond acceptors (Lipinski definition) is 3. The number of rotatable bonds is 14. The van der Waals surface area contributed by atoms with Crippen LogP contribution in [0.1, 0.15) is 81.9 Å². The summed E-state index contributed by atoms with van der Waals surface area (Å²) in [5, 5.41) is 1.07. The van der Waals surface area contributed by atoms with Crippen molar-refractivity contribution in [3.05, 3.63) is 64.9 Å². The summed E-state index contributed by atoms with van der Waals surface area (Å²) in [5.41, 5.74) is 6.24. The van der Waals surface area contributed by atoms with Gasteiger partial charge < -0.3 is 4.90 Å². The molecule has 0 aliphatic carbocycles. The second-order valence-electron chi connectivity index (χ2n) is 13.1. The number of benzene rings is 1. The Hall–Kier alpha value is -2.01. The van der Waals surface area contributed by atoms with Gasteiger partial charge in [-0.1, -0.05) is 69.6 Å². The van der Waals surface area contributed by atoms with Crippen LogP contribution in [-0.2, 0) is 7.05 Å². The van der Waals surface area contributed by atoms with Gasteiger partial charge in [-0.3, -0.25) is 0 Å². The first-order valence-electron chi connectivity index (χ1n) is 16.9.